The molecule has 24 heavy (non-hydrogen) atoms. The second-order valence-corrected chi connectivity index (χ2v) is 10.9. The van der Waals surface area contributed by atoms with E-state index in [4.69, 9.17) is 0 Å². The third-order valence-electron chi connectivity index (χ3n) is 4.14. The van der Waals surface area contributed by atoms with Crippen molar-refractivity contribution in [3.05, 3.63) is 51.5 Å². The standard InChI is InChI=1S/C15H18N2O4S3/c1-11-15(22-10-16-11)6-7-23(18,19)17-24(20,21)14-8-12-4-2-3-5-13(12)9-14/h2-5,10,14,17H,6-9H2,1H3. The molecule has 0 saturated heterocycles. The zero-order valence-corrected chi connectivity index (χ0v) is 15.5. The summed E-state index contributed by atoms with van der Waals surface area (Å²) in [5.74, 6) is -0.269. The maximum atomic E-state index is 12.4. The van der Waals surface area contributed by atoms with Gasteiger partial charge in [0.2, 0.25) is 20.0 Å². The summed E-state index contributed by atoms with van der Waals surface area (Å²) in [6.45, 7) is 1.80. The van der Waals surface area contributed by atoms with Crippen LogP contribution in [-0.4, -0.2) is 32.8 Å². The van der Waals surface area contributed by atoms with Crippen molar-refractivity contribution in [2.75, 3.05) is 5.75 Å². The minimum Gasteiger partial charge on any atom is -0.250 e. The van der Waals surface area contributed by atoms with Gasteiger partial charge in [-0.2, -0.15) is 0 Å². The Morgan fingerprint density at radius 2 is 1.79 bits per heavy atom. The predicted molar refractivity (Wildman–Crippen MR) is 94.0 cm³/mol. The van der Waals surface area contributed by atoms with Gasteiger partial charge >= 0.3 is 0 Å². The van der Waals surface area contributed by atoms with E-state index in [2.05, 4.69) is 4.98 Å². The van der Waals surface area contributed by atoms with Gasteiger partial charge in [0.25, 0.3) is 0 Å². The Kier molecular flexibility index (Phi) is 4.78. The Balaban J connectivity index is 1.67. The van der Waals surface area contributed by atoms with Crippen molar-refractivity contribution in [3.8, 4) is 0 Å². The number of sulfonamides is 2. The molecule has 130 valence electrons. The highest BCUT2D eigenvalue weighted by molar-refractivity contribution is 8.05. The SMILES string of the molecule is Cc1ncsc1CCS(=O)(=O)NS(=O)(=O)C1Cc2ccccc2C1. The molecule has 0 amide bonds. The lowest BCUT2D eigenvalue weighted by atomic mass is 10.1. The molecular weight excluding hydrogens is 368 g/mol. The molecule has 1 aliphatic carbocycles. The summed E-state index contributed by atoms with van der Waals surface area (Å²) >= 11 is 1.37. The molecule has 0 spiro atoms. The molecule has 0 bridgehead atoms. The van der Waals surface area contributed by atoms with Gasteiger partial charge < -0.3 is 0 Å². The fourth-order valence-electron chi connectivity index (χ4n) is 2.82. The van der Waals surface area contributed by atoms with Crippen LogP contribution < -0.4 is 4.13 Å². The number of nitrogens with one attached hydrogen (secondary N) is 1. The van der Waals surface area contributed by atoms with Crippen molar-refractivity contribution < 1.29 is 16.8 Å². The van der Waals surface area contributed by atoms with E-state index in [9.17, 15) is 16.8 Å². The molecule has 6 nitrogen and oxygen atoms in total. The zero-order chi connectivity index (χ0) is 17.4. The van der Waals surface area contributed by atoms with Crippen LogP contribution in [0.1, 0.15) is 21.7 Å². The highest BCUT2D eigenvalue weighted by Crippen LogP contribution is 2.26. The van der Waals surface area contributed by atoms with Crippen LogP contribution in [0.2, 0.25) is 0 Å². The summed E-state index contributed by atoms with van der Waals surface area (Å²) in [6.07, 6.45) is 0.941. The van der Waals surface area contributed by atoms with E-state index in [0.717, 1.165) is 21.7 Å². The van der Waals surface area contributed by atoms with E-state index in [0.29, 0.717) is 12.8 Å². The van der Waals surface area contributed by atoms with Gasteiger partial charge in [-0.3, -0.25) is 0 Å². The van der Waals surface area contributed by atoms with E-state index in [1.54, 1.807) is 12.4 Å². The number of fused-ring (bicyclic) bond motifs is 1. The van der Waals surface area contributed by atoms with Crippen LogP contribution in [0.15, 0.2) is 29.8 Å². The summed E-state index contributed by atoms with van der Waals surface area (Å²) in [6, 6.07) is 7.47. The largest absolute Gasteiger partial charge is 0.250 e. The van der Waals surface area contributed by atoms with Crippen LogP contribution in [0.5, 0.6) is 0 Å². The highest BCUT2D eigenvalue weighted by Gasteiger charge is 2.34. The van der Waals surface area contributed by atoms with Crippen molar-refractivity contribution in [1.82, 2.24) is 9.11 Å². The lowest BCUT2D eigenvalue weighted by Crippen LogP contribution is -2.40. The molecule has 1 heterocycles. The summed E-state index contributed by atoms with van der Waals surface area (Å²) in [5.41, 5.74) is 4.36. The number of nitrogens with zero attached hydrogens (tertiary/aromatic N) is 1. The third-order valence-corrected chi connectivity index (χ3v) is 9.03. The van der Waals surface area contributed by atoms with E-state index < -0.39 is 25.3 Å². The first-order valence-corrected chi connectivity index (χ1v) is 11.6. The Hall–Kier alpha value is -1.29. The molecule has 1 N–H and O–H groups in total. The molecule has 0 radical (unpaired) electrons. The first kappa shape index (κ1) is 17.5. The van der Waals surface area contributed by atoms with Crippen molar-refractivity contribution in [2.24, 2.45) is 0 Å². The summed E-state index contributed by atoms with van der Waals surface area (Å²) in [7, 11) is -7.85. The lowest BCUT2D eigenvalue weighted by molar-refractivity contribution is 0.566. The number of hydrogen-bond donors (Lipinski definition) is 1. The molecule has 0 atom stereocenters. The van der Waals surface area contributed by atoms with Crippen LogP contribution in [0.4, 0.5) is 0 Å². The molecule has 0 aliphatic heterocycles. The molecule has 1 aliphatic rings. The maximum absolute atomic E-state index is 12.4. The number of rotatable bonds is 6. The second-order valence-electron chi connectivity index (χ2n) is 5.86. The molecule has 9 heteroatoms. The average molecular weight is 387 g/mol. The third kappa shape index (κ3) is 3.85. The minimum absolute atomic E-state index is 0.256. The first-order chi connectivity index (χ1) is 11.3. The Bertz CT molecular complexity index is 924. The maximum Gasteiger partial charge on any atom is 0.228 e. The molecule has 1 aromatic heterocycles. The molecule has 1 aromatic carbocycles. The van der Waals surface area contributed by atoms with Gasteiger partial charge in [-0.15, -0.1) is 15.5 Å². The zero-order valence-electron chi connectivity index (χ0n) is 13.1. The van der Waals surface area contributed by atoms with Gasteiger partial charge in [0.15, 0.2) is 0 Å². The fourth-order valence-corrected chi connectivity index (χ4v) is 7.29. The summed E-state index contributed by atoms with van der Waals surface area (Å²) in [5, 5.41) is -0.741. The highest BCUT2D eigenvalue weighted by atomic mass is 32.3. The van der Waals surface area contributed by atoms with Gasteiger partial charge in [-0.1, -0.05) is 24.3 Å². The van der Waals surface area contributed by atoms with Gasteiger partial charge in [0, 0.05) is 4.88 Å². The van der Waals surface area contributed by atoms with E-state index in [1.165, 1.54) is 11.3 Å². The van der Waals surface area contributed by atoms with Crippen molar-refractivity contribution in [3.63, 3.8) is 0 Å². The van der Waals surface area contributed by atoms with E-state index >= 15 is 0 Å². The van der Waals surface area contributed by atoms with Gasteiger partial charge in [0.1, 0.15) is 0 Å². The fraction of sp³-hybridized carbons (Fsp3) is 0.400. The average Bonchev–Trinajstić information content (AvgIpc) is 3.10. The van der Waals surface area contributed by atoms with E-state index in [-0.39, 0.29) is 12.2 Å². The molecule has 3 rings (SSSR count). The predicted octanol–water partition coefficient (Wildman–Crippen LogP) is 1.41. The van der Waals surface area contributed by atoms with Crippen molar-refractivity contribution in [1.29, 1.82) is 0 Å². The van der Waals surface area contributed by atoms with E-state index in [1.807, 2.05) is 28.4 Å². The Morgan fingerprint density at radius 3 is 2.33 bits per heavy atom. The summed E-state index contributed by atoms with van der Waals surface area (Å²) < 4.78 is 51.2. The number of aromatic nitrogens is 1. The topological polar surface area (TPSA) is 93.2 Å². The normalized spacial score (nSPS) is 15.5. The second kappa shape index (κ2) is 6.55. The van der Waals surface area contributed by atoms with Crippen LogP contribution in [0.3, 0.4) is 0 Å². The quantitative estimate of drug-likeness (QED) is 0.810. The number of thiazole rings is 1. The molecule has 2 aromatic rings. The molecular formula is C15H18N2O4S3. The van der Waals surface area contributed by atoms with Crippen LogP contribution in [0, 0.1) is 6.92 Å². The lowest BCUT2D eigenvalue weighted by Gasteiger charge is -2.12. The number of hydrogen-bond acceptors (Lipinski definition) is 6. The van der Waals surface area contributed by atoms with Gasteiger partial charge in [-0.25, -0.2) is 21.8 Å². The van der Waals surface area contributed by atoms with Crippen molar-refractivity contribution in [2.45, 2.75) is 31.4 Å². The first-order valence-electron chi connectivity index (χ1n) is 7.48. The minimum atomic E-state index is -3.94. The molecule has 0 fully saturated rings. The number of benzene rings is 1. The van der Waals surface area contributed by atoms with Crippen LogP contribution in [0.25, 0.3) is 0 Å². The summed E-state index contributed by atoms with van der Waals surface area (Å²) in [4.78, 5) is 4.92. The molecule has 0 unspecified atom stereocenters. The van der Waals surface area contributed by atoms with Crippen LogP contribution >= 0.6 is 11.3 Å². The van der Waals surface area contributed by atoms with Crippen molar-refractivity contribution >= 4 is 31.4 Å². The smallest absolute Gasteiger partial charge is 0.228 e. The number of aryl methyl sites for hydroxylation is 2. The Morgan fingerprint density at radius 1 is 1.17 bits per heavy atom. The Labute approximate surface area is 146 Å². The molecule has 0 saturated carbocycles. The van der Waals surface area contributed by atoms with Gasteiger partial charge in [-0.05, 0) is 37.3 Å². The monoisotopic (exact) mass is 386 g/mol. The van der Waals surface area contributed by atoms with Gasteiger partial charge in [0.05, 0.1) is 22.2 Å². The van der Waals surface area contributed by atoms with Crippen LogP contribution in [-0.2, 0) is 39.3 Å².